The molecule has 1 fully saturated rings. The largest absolute Gasteiger partial charge is 0.493 e. The first kappa shape index (κ1) is 27.9. The van der Waals surface area contributed by atoms with Crippen LogP contribution in [0.1, 0.15) is 18.4 Å². The molecule has 1 aliphatic rings. The van der Waals surface area contributed by atoms with Crippen molar-refractivity contribution < 1.29 is 28.2 Å². The first-order valence-electron chi connectivity index (χ1n) is 13.4. The number of nitrogens with zero attached hydrogens (tertiary/aromatic N) is 2. The lowest BCUT2D eigenvalue weighted by molar-refractivity contribution is -0.135. The first-order chi connectivity index (χ1) is 19.9. The average Bonchev–Trinajstić information content (AvgIpc) is 3.00. The molecule has 0 atom stereocenters. The van der Waals surface area contributed by atoms with Gasteiger partial charge in [-0.15, -0.1) is 0 Å². The van der Waals surface area contributed by atoms with Crippen molar-refractivity contribution in [1.82, 2.24) is 10.3 Å². The number of nitrogens with one attached hydrogen (secondary N) is 1. The minimum Gasteiger partial charge on any atom is -0.493 e. The summed E-state index contributed by atoms with van der Waals surface area (Å²) in [6, 6.07) is 18.2. The number of halogens is 1. The van der Waals surface area contributed by atoms with Crippen LogP contribution in [0.15, 0.2) is 72.9 Å². The van der Waals surface area contributed by atoms with Crippen LogP contribution in [0.25, 0.3) is 10.9 Å². The number of methoxy groups -OCH3 is 1. The number of ether oxygens (including phenoxy) is 3. The lowest BCUT2D eigenvalue weighted by Gasteiger charge is -2.23. The Morgan fingerprint density at radius 1 is 1.00 bits per heavy atom. The van der Waals surface area contributed by atoms with Gasteiger partial charge in [-0.3, -0.25) is 19.5 Å². The van der Waals surface area contributed by atoms with Crippen molar-refractivity contribution in [2.75, 3.05) is 31.7 Å². The average molecular weight is 559 g/mol. The Hall–Kier alpha value is -4.70. The second kappa shape index (κ2) is 12.6. The Bertz CT molecular complexity index is 1540. The number of aromatic nitrogens is 1. The summed E-state index contributed by atoms with van der Waals surface area (Å²) >= 11 is 0. The van der Waals surface area contributed by atoms with Gasteiger partial charge in [-0.05, 0) is 61.7 Å². The molecule has 0 radical (unpaired) electrons. The summed E-state index contributed by atoms with van der Waals surface area (Å²) in [5, 5.41) is 3.96. The molecule has 9 nitrogen and oxygen atoms in total. The van der Waals surface area contributed by atoms with Crippen LogP contribution >= 0.6 is 0 Å². The van der Waals surface area contributed by atoms with Gasteiger partial charge in [0, 0.05) is 29.4 Å². The number of fused-ring (bicyclic) bond motifs is 1. The van der Waals surface area contributed by atoms with Crippen molar-refractivity contribution in [2.24, 2.45) is 11.7 Å². The molecule has 212 valence electrons. The van der Waals surface area contributed by atoms with Crippen LogP contribution in [0, 0.1) is 11.7 Å². The first-order valence-corrected chi connectivity index (χ1v) is 13.4. The summed E-state index contributed by atoms with van der Waals surface area (Å²) in [7, 11) is 1.56. The van der Waals surface area contributed by atoms with E-state index in [-0.39, 0.29) is 18.0 Å². The second-order valence-corrected chi connectivity index (χ2v) is 9.79. The molecule has 3 N–H and O–H groups in total. The van der Waals surface area contributed by atoms with Crippen molar-refractivity contribution in [1.29, 1.82) is 0 Å². The van der Waals surface area contributed by atoms with Gasteiger partial charge in [0.25, 0.3) is 0 Å². The molecule has 3 aromatic carbocycles. The predicted molar refractivity (Wildman–Crippen MR) is 153 cm³/mol. The van der Waals surface area contributed by atoms with Crippen molar-refractivity contribution in [3.63, 3.8) is 0 Å². The summed E-state index contributed by atoms with van der Waals surface area (Å²) in [5.41, 5.74) is 6.78. The van der Waals surface area contributed by atoms with Gasteiger partial charge in [-0.2, -0.15) is 0 Å². The van der Waals surface area contributed by atoms with E-state index in [4.69, 9.17) is 19.9 Å². The fourth-order valence-corrected chi connectivity index (χ4v) is 4.78. The Morgan fingerprint density at radius 3 is 2.49 bits per heavy atom. The van der Waals surface area contributed by atoms with Crippen LogP contribution < -0.4 is 30.2 Å². The van der Waals surface area contributed by atoms with Gasteiger partial charge in [-0.1, -0.05) is 30.3 Å². The minimum atomic E-state index is -1.14. The number of pyridine rings is 1. The van der Waals surface area contributed by atoms with Crippen molar-refractivity contribution in [3.8, 4) is 23.0 Å². The van der Waals surface area contributed by atoms with E-state index in [0.29, 0.717) is 40.7 Å². The van der Waals surface area contributed by atoms with Gasteiger partial charge in [0.15, 0.2) is 23.1 Å². The molecule has 1 aromatic heterocycles. The topological polar surface area (TPSA) is 116 Å². The van der Waals surface area contributed by atoms with Gasteiger partial charge in [0.05, 0.1) is 25.8 Å². The Morgan fingerprint density at radius 2 is 1.78 bits per heavy atom. The molecule has 0 saturated carbocycles. The summed E-state index contributed by atoms with van der Waals surface area (Å²) < 4.78 is 33.0. The third-order valence-corrected chi connectivity index (χ3v) is 7.01. The van der Waals surface area contributed by atoms with E-state index in [1.54, 1.807) is 55.8 Å². The van der Waals surface area contributed by atoms with Crippen LogP contribution in [0.3, 0.4) is 0 Å². The minimum absolute atomic E-state index is 0.0408. The normalized spacial score (nSPS) is 13.5. The summed E-state index contributed by atoms with van der Waals surface area (Å²) in [6.45, 7) is 2.58. The molecule has 41 heavy (non-hydrogen) atoms. The van der Waals surface area contributed by atoms with Gasteiger partial charge < -0.3 is 25.3 Å². The number of hydrogen-bond donors (Lipinski definition) is 2. The van der Waals surface area contributed by atoms with E-state index in [1.807, 2.05) is 6.07 Å². The lowest BCUT2D eigenvalue weighted by Crippen LogP contribution is -2.40. The molecule has 1 saturated heterocycles. The molecule has 0 bridgehead atoms. The fourth-order valence-electron chi connectivity index (χ4n) is 4.78. The molecule has 5 rings (SSSR count). The standard InChI is InChI=1S/C31H31FN4O5/c1-39-28-16-23-25(17-29(28)40-19-21-9-12-34-13-10-21)35-14-11-26(23)41-27-8-7-22(15-24(27)32)36(31(38)30(33)37)18-20-5-3-2-4-6-20/h2-8,11,14-17,21,34H,9-10,12-13,18-19H2,1H3,(H2,33,37). The Kier molecular flexibility index (Phi) is 8.59. The highest BCUT2D eigenvalue weighted by molar-refractivity contribution is 6.39. The Balaban J connectivity index is 1.39. The third kappa shape index (κ3) is 6.55. The predicted octanol–water partition coefficient (Wildman–Crippen LogP) is 4.57. The Labute approximate surface area is 237 Å². The fraction of sp³-hybridized carbons (Fsp3) is 0.258. The molecular weight excluding hydrogens is 527 g/mol. The van der Waals surface area contributed by atoms with E-state index >= 15 is 4.39 Å². The number of rotatable bonds is 9. The number of amides is 2. The van der Waals surface area contributed by atoms with Gasteiger partial charge in [0.2, 0.25) is 0 Å². The lowest BCUT2D eigenvalue weighted by atomic mass is 9.99. The zero-order valence-electron chi connectivity index (χ0n) is 22.6. The van der Waals surface area contributed by atoms with Crippen molar-refractivity contribution in [3.05, 3.63) is 84.3 Å². The van der Waals surface area contributed by atoms with Gasteiger partial charge in [0.1, 0.15) is 5.75 Å². The quantitative estimate of drug-likeness (QED) is 0.289. The number of primary amides is 1. The highest BCUT2D eigenvalue weighted by Crippen LogP contribution is 2.38. The van der Waals surface area contributed by atoms with Gasteiger partial charge in [-0.25, -0.2) is 4.39 Å². The van der Waals surface area contributed by atoms with E-state index in [0.717, 1.165) is 42.5 Å². The van der Waals surface area contributed by atoms with Crippen LogP contribution in [-0.4, -0.2) is 43.6 Å². The smallest absolute Gasteiger partial charge is 0.316 e. The third-order valence-electron chi connectivity index (χ3n) is 7.01. The maximum atomic E-state index is 15.3. The summed E-state index contributed by atoms with van der Waals surface area (Å²) in [5.74, 6) is -0.969. The number of nitrogens with two attached hydrogens (primary N) is 1. The van der Waals surface area contributed by atoms with Crippen molar-refractivity contribution in [2.45, 2.75) is 19.4 Å². The molecule has 1 aliphatic heterocycles. The molecule has 0 aliphatic carbocycles. The van der Waals surface area contributed by atoms with Crippen LogP contribution in [0.5, 0.6) is 23.0 Å². The molecule has 10 heteroatoms. The van der Waals surface area contributed by atoms with E-state index in [2.05, 4.69) is 10.3 Å². The van der Waals surface area contributed by atoms with E-state index in [9.17, 15) is 9.59 Å². The SMILES string of the molecule is COc1cc2c(Oc3ccc(N(Cc4ccccc4)C(=O)C(N)=O)cc3F)ccnc2cc1OCC1CCNCC1. The van der Waals surface area contributed by atoms with Crippen LogP contribution in [0.2, 0.25) is 0 Å². The molecule has 4 aromatic rings. The zero-order chi connectivity index (χ0) is 28.8. The van der Waals surface area contributed by atoms with E-state index in [1.165, 1.54) is 12.1 Å². The van der Waals surface area contributed by atoms with Crippen LogP contribution in [0.4, 0.5) is 10.1 Å². The highest BCUT2D eigenvalue weighted by atomic mass is 19.1. The second-order valence-electron chi connectivity index (χ2n) is 9.79. The molecule has 0 spiro atoms. The number of carbonyl (C=O) groups is 2. The number of anilines is 1. The number of hydrogen-bond acceptors (Lipinski definition) is 7. The zero-order valence-corrected chi connectivity index (χ0v) is 22.6. The van der Waals surface area contributed by atoms with Gasteiger partial charge >= 0.3 is 11.8 Å². The number of carbonyl (C=O) groups excluding carboxylic acids is 2. The molecular formula is C31H31FN4O5. The maximum absolute atomic E-state index is 15.3. The van der Waals surface area contributed by atoms with E-state index < -0.39 is 17.6 Å². The van der Waals surface area contributed by atoms with Crippen LogP contribution in [-0.2, 0) is 16.1 Å². The van der Waals surface area contributed by atoms with Crippen molar-refractivity contribution >= 4 is 28.4 Å². The molecule has 2 amide bonds. The highest BCUT2D eigenvalue weighted by Gasteiger charge is 2.23. The maximum Gasteiger partial charge on any atom is 0.316 e. The summed E-state index contributed by atoms with van der Waals surface area (Å²) in [4.78, 5) is 29.8. The number of piperidine rings is 1. The molecule has 0 unspecified atom stereocenters. The molecule has 2 heterocycles. The monoisotopic (exact) mass is 558 g/mol. The number of benzene rings is 3. The summed E-state index contributed by atoms with van der Waals surface area (Å²) in [6.07, 6.45) is 3.68.